The van der Waals surface area contributed by atoms with Crippen molar-refractivity contribution in [3.8, 4) is 0 Å². The standard InChI is InChI=1S/C16H21NO2/c1-13-15(11-17)10-16(19-13)12-18-9-5-8-14-6-3-2-4-7-14/h2-4,6-7,10H,5,8-9,11-12,17H2,1H3. The van der Waals surface area contributed by atoms with Crippen LogP contribution in [0.4, 0.5) is 0 Å². The predicted octanol–water partition coefficient (Wildman–Crippen LogP) is 3.20. The normalized spacial score (nSPS) is 10.8. The average Bonchev–Trinajstić information content (AvgIpc) is 2.80. The van der Waals surface area contributed by atoms with Crippen molar-refractivity contribution < 1.29 is 9.15 Å². The number of ether oxygens (including phenoxy) is 1. The van der Waals surface area contributed by atoms with E-state index in [1.54, 1.807) is 0 Å². The molecule has 0 fully saturated rings. The number of furan rings is 1. The summed E-state index contributed by atoms with van der Waals surface area (Å²) in [6, 6.07) is 12.4. The Morgan fingerprint density at radius 2 is 2.00 bits per heavy atom. The van der Waals surface area contributed by atoms with E-state index in [9.17, 15) is 0 Å². The smallest absolute Gasteiger partial charge is 0.130 e. The molecule has 0 saturated carbocycles. The van der Waals surface area contributed by atoms with Crippen LogP contribution in [0.2, 0.25) is 0 Å². The molecule has 0 aliphatic heterocycles. The van der Waals surface area contributed by atoms with Crippen molar-refractivity contribution in [2.75, 3.05) is 6.61 Å². The zero-order valence-electron chi connectivity index (χ0n) is 11.4. The predicted molar refractivity (Wildman–Crippen MR) is 75.8 cm³/mol. The van der Waals surface area contributed by atoms with Gasteiger partial charge in [0.2, 0.25) is 0 Å². The van der Waals surface area contributed by atoms with E-state index in [1.807, 2.05) is 19.1 Å². The molecule has 0 aliphatic rings. The summed E-state index contributed by atoms with van der Waals surface area (Å²) in [4.78, 5) is 0. The van der Waals surface area contributed by atoms with Crippen LogP contribution in [0.15, 0.2) is 40.8 Å². The zero-order valence-corrected chi connectivity index (χ0v) is 11.4. The molecule has 3 nitrogen and oxygen atoms in total. The molecule has 0 amide bonds. The minimum absolute atomic E-state index is 0.517. The maximum atomic E-state index is 5.62. The highest BCUT2D eigenvalue weighted by molar-refractivity contribution is 5.20. The lowest BCUT2D eigenvalue weighted by Gasteiger charge is -2.02. The van der Waals surface area contributed by atoms with E-state index < -0.39 is 0 Å². The van der Waals surface area contributed by atoms with Gasteiger partial charge in [0.1, 0.15) is 18.1 Å². The van der Waals surface area contributed by atoms with Crippen molar-refractivity contribution >= 4 is 0 Å². The molecule has 1 aromatic carbocycles. The molecule has 0 unspecified atom stereocenters. The van der Waals surface area contributed by atoms with Crippen molar-refractivity contribution in [3.63, 3.8) is 0 Å². The molecule has 3 heteroatoms. The molecule has 0 atom stereocenters. The van der Waals surface area contributed by atoms with Crippen LogP contribution in [-0.2, 0) is 24.3 Å². The van der Waals surface area contributed by atoms with Gasteiger partial charge in [-0.15, -0.1) is 0 Å². The third-order valence-corrected chi connectivity index (χ3v) is 3.13. The van der Waals surface area contributed by atoms with Crippen LogP contribution in [0.5, 0.6) is 0 Å². The molecule has 0 spiro atoms. The van der Waals surface area contributed by atoms with Crippen molar-refractivity contribution in [1.29, 1.82) is 0 Å². The van der Waals surface area contributed by atoms with Gasteiger partial charge in [-0.1, -0.05) is 30.3 Å². The van der Waals surface area contributed by atoms with Crippen molar-refractivity contribution in [1.82, 2.24) is 0 Å². The molecular weight excluding hydrogens is 238 g/mol. The molecule has 0 aliphatic carbocycles. The van der Waals surface area contributed by atoms with Crippen LogP contribution >= 0.6 is 0 Å². The summed E-state index contributed by atoms with van der Waals surface area (Å²) in [5.41, 5.74) is 8.01. The highest BCUT2D eigenvalue weighted by Gasteiger charge is 2.05. The third kappa shape index (κ3) is 4.23. The summed E-state index contributed by atoms with van der Waals surface area (Å²) in [7, 11) is 0. The molecular formula is C16H21NO2. The summed E-state index contributed by atoms with van der Waals surface area (Å²) in [6.07, 6.45) is 2.07. The summed E-state index contributed by atoms with van der Waals surface area (Å²) in [6.45, 7) is 3.71. The SMILES string of the molecule is Cc1oc(COCCCc2ccccc2)cc1CN. The Labute approximate surface area is 114 Å². The molecule has 19 heavy (non-hydrogen) atoms. The number of hydrogen-bond donors (Lipinski definition) is 1. The first-order valence-electron chi connectivity index (χ1n) is 6.69. The summed E-state index contributed by atoms with van der Waals surface area (Å²) < 4.78 is 11.2. The van der Waals surface area contributed by atoms with Crippen LogP contribution in [-0.4, -0.2) is 6.61 Å². The molecule has 1 aromatic heterocycles. The lowest BCUT2D eigenvalue weighted by atomic mass is 10.1. The van der Waals surface area contributed by atoms with Gasteiger partial charge in [-0.2, -0.15) is 0 Å². The quantitative estimate of drug-likeness (QED) is 0.777. The molecule has 1 heterocycles. The average molecular weight is 259 g/mol. The number of rotatable bonds is 7. The molecule has 0 radical (unpaired) electrons. The summed E-state index contributed by atoms with van der Waals surface area (Å²) in [5.74, 6) is 1.75. The van der Waals surface area contributed by atoms with Crippen LogP contribution in [0.3, 0.4) is 0 Å². The second kappa shape index (κ2) is 7.12. The van der Waals surface area contributed by atoms with Gasteiger partial charge in [0.15, 0.2) is 0 Å². The van der Waals surface area contributed by atoms with Crippen LogP contribution in [0.25, 0.3) is 0 Å². The topological polar surface area (TPSA) is 48.4 Å². The van der Waals surface area contributed by atoms with Crippen LogP contribution in [0.1, 0.15) is 29.1 Å². The zero-order chi connectivity index (χ0) is 13.5. The second-order valence-electron chi connectivity index (χ2n) is 4.64. The molecule has 102 valence electrons. The Morgan fingerprint density at radius 1 is 1.21 bits per heavy atom. The van der Waals surface area contributed by atoms with E-state index in [2.05, 4.69) is 24.3 Å². The van der Waals surface area contributed by atoms with E-state index in [4.69, 9.17) is 14.9 Å². The first kappa shape index (κ1) is 13.8. The van der Waals surface area contributed by atoms with Gasteiger partial charge in [0.25, 0.3) is 0 Å². The van der Waals surface area contributed by atoms with Gasteiger partial charge in [-0.3, -0.25) is 0 Å². The fraction of sp³-hybridized carbons (Fsp3) is 0.375. The number of nitrogens with two attached hydrogens (primary N) is 1. The highest BCUT2D eigenvalue weighted by atomic mass is 16.5. The van der Waals surface area contributed by atoms with Crippen LogP contribution in [0, 0.1) is 6.92 Å². The second-order valence-corrected chi connectivity index (χ2v) is 4.64. The van der Waals surface area contributed by atoms with Gasteiger partial charge in [-0.25, -0.2) is 0 Å². The summed E-state index contributed by atoms with van der Waals surface area (Å²) >= 11 is 0. The van der Waals surface area contributed by atoms with E-state index in [-0.39, 0.29) is 0 Å². The van der Waals surface area contributed by atoms with Crippen molar-refractivity contribution in [3.05, 3.63) is 59.0 Å². The lowest BCUT2D eigenvalue weighted by Crippen LogP contribution is -1.97. The molecule has 2 aromatic rings. The number of hydrogen-bond acceptors (Lipinski definition) is 3. The Hall–Kier alpha value is -1.58. The maximum Gasteiger partial charge on any atom is 0.130 e. The summed E-state index contributed by atoms with van der Waals surface area (Å²) in [5, 5.41) is 0. The maximum absolute atomic E-state index is 5.62. The molecule has 0 saturated heterocycles. The number of aryl methyl sites for hydroxylation is 2. The van der Waals surface area contributed by atoms with Gasteiger partial charge < -0.3 is 14.9 Å². The Morgan fingerprint density at radius 3 is 2.68 bits per heavy atom. The van der Waals surface area contributed by atoms with E-state index >= 15 is 0 Å². The minimum atomic E-state index is 0.517. The fourth-order valence-electron chi connectivity index (χ4n) is 2.06. The first-order chi connectivity index (χ1) is 9.29. The Balaban J connectivity index is 1.66. The Kier molecular flexibility index (Phi) is 5.19. The largest absolute Gasteiger partial charge is 0.464 e. The molecule has 2 rings (SSSR count). The highest BCUT2D eigenvalue weighted by Crippen LogP contribution is 2.14. The monoisotopic (exact) mass is 259 g/mol. The van der Waals surface area contributed by atoms with Crippen molar-refractivity contribution in [2.24, 2.45) is 5.73 Å². The Bertz CT molecular complexity index is 491. The van der Waals surface area contributed by atoms with Gasteiger partial charge in [0.05, 0.1) is 0 Å². The van der Waals surface area contributed by atoms with Gasteiger partial charge in [0, 0.05) is 18.7 Å². The van der Waals surface area contributed by atoms with Gasteiger partial charge in [-0.05, 0) is 31.4 Å². The first-order valence-corrected chi connectivity index (χ1v) is 6.69. The molecule has 2 N–H and O–H groups in total. The van der Waals surface area contributed by atoms with E-state index in [0.29, 0.717) is 13.2 Å². The van der Waals surface area contributed by atoms with E-state index in [1.165, 1.54) is 5.56 Å². The fourth-order valence-corrected chi connectivity index (χ4v) is 2.06. The van der Waals surface area contributed by atoms with Crippen LogP contribution < -0.4 is 5.73 Å². The van der Waals surface area contributed by atoms with Crippen molar-refractivity contribution in [2.45, 2.75) is 32.9 Å². The molecule has 0 bridgehead atoms. The third-order valence-electron chi connectivity index (χ3n) is 3.13. The number of benzene rings is 1. The van der Waals surface area contributed by atoms with Gasteiger partial charge >= 0.3 is 0 Å². The van der Waals surface area contributed by atoms with E-state index in [0.717, 1.165) is 36.5 Å². The minimum Gasteiger partial charge on any atom is -0.464 e. The lowest BCUT2D eigenvalue weighted by molar-refractivity contribution is 0.103.